The lowest BCUT2D eigenvalue weighted by Gasteiger charge is -2.12. The van der Waals surface area contributed by atoms with Gasteiger partial charge in [0.1, 0.15) is 11.3 Å². The first-order valence-electron chi connectivity index (χ1n) is 6.34. The minimum Gasteiger partial charge on any atom is -0.491 e. The van der Waals surface area contributed by atoms with Crippen molar-refractivity contribution in [3.63, 3.8) is 0 Å². The van der Waals surface area contributed by atoms with Gasteiger partial charge in [-0.1, -0.05) is 41.1 Å². The number of ether oxygens (including phenoxy) is 1. The Morgan fingerprint density at radius 2 is 2.06 bits per heavy atom. The second-order valence-electron chi connectivity index (χ2n) is 4.55. The molecule has 0 N–H and O–H groups in total. The van der Waals surface area contributed by atoms with Crippen LogP contribution in [0.5, 0.6) is 5.75 Å². The Morgan fingerprint density at radius 1 is 1.22 bits per heavy atom. The lowest BCUT2D eigenvalue weighted by atomic mass is 10.1. The molecule has 0 bridgehead atoms. The molecule has 1 aromatic heterocycles. The van der Waals surface area contributed by atoms with Crippen LogP contribution in [0.1, 0.15) is 19.8 Å². The Labute approximate surface area is 117 Å². The maximum absolute atomic E-state index is 5.86. The molecular formula is C15H18BrNO. The molecule has 0 aliphatic carbocycles. The third-order valence-electron chi connectivity index (χ3n) is 3.07. The summed E-state index contributed by atoms with van der Waals surface area (Å²) in [6.45, 7) is 3.01. The van der Waals surface area contributed by atoms with Gasteiger partial charge in [-0.15, -0.1) is 0 Å². The van der Waals surface area contributed by atoms with Gasteiger partial charge in [-0.05, 0) is 30.9 Å². The lowest BCUT2D eigenvalue weighted by molar-refractivity contribution is 0.285. The normalized spacial score (nSPS) is 12.6. The van der Waals surface area contributed by atoms with E-state index in [1.54, 1.807) is 0 Å². The van der Waals surface area contributed by atoms with Crippen molar-refractivity contribution in [1.29, 1.82) is 0 Å². The third kappa shape index (κ3) is 3.45. The SMILES string of the molecule is CC(CCBr)CCOc1cccc2cccnc12. The second kappa shape index (κ2) is 6.74. The summed E-state index contributed by atoms with van der Waals surface area (Å²) in [6, 6.07) is 10.1. The molecule has 3 heteroatoms. The molecule has 0 aliphatic rings. The number of pyridine rings is 1. The molecule has 2 nitrogen and oxygen atoms in total. The molecule has 0 fully saturated rings. The zero-order valence-electron chi connectivity index (χ0n) is 10.6. The third-order valence-corrected chi connectivity index (χ3v) is 3.52. The zero-order chi connectivity index (χ0) is 12.8. The van der Waals surface area contributed by atoms with E-state index in [0.717, 1.165) is 35.0 Å². The molecular weight excluding hydrogens is 290 g/mol. The number of benzene rings is 1. The first-order chi connectivity index (χ1) is 8.81. The Morgan fingerprint density at radius 3 is 2.89 bits per heavy atom. The largest absolute Gasteiger partial charge is 0.491 e. The van der Waals surface area contributed by atoms with Crippen molar-refractivity contribution in [3.8, 4) is 5.75 Å². The molecule has 0 radical (unpaired) electrons. The highest BCUT2D eigenvalue weighted by Crippen LogP contribution is 2.23. The summed E-state index contributed by atoms with van der Waals surface area (Å²) >= 11 is 3.47. The van der Waals surface area contributed by atoms with E-state index in [1.807, 2.05) is 24.4 Å². The Bertz CT molecular complexity index is 495. The quantitative estimate of drug-likeness (QED) is 0.737. The summed E-state index contributed by atoms with van der Waals surface area (Å²) < 4.78 is 5.86. The number of rotatable bonds is 6. The topological polar surface area (TPSA) is 22.1 Å². The van der Waals surface area contributed by atoms with Crippen LogP contribution in [0.15, 0.2) is 36.5 Å². The van der Waals surface area contributed by atoms with E-state index >= 15 is 0 Å². The van der Waals surface area contributed by atoms with E-state index in [-0.39, 0.29) is 0 Å². The first kappa shape index (κ1) is 13.3. The van der Waals surface area contributed by atoms with Crippen LogP contribution in [-0.2, 0) is 0 Å². The molecule has 0 aliphatic heterocycles. The van der Waals surface area contributed by atoms with E-state index < -0.39 is 0 Å². The van der Waals surface area contributed by atoms with Gasteiger partial charge in [-0.3, -0.25) is 4.98 Å². The Kier molecular flexibility index (Phi) is 5.00. The van der Waals surface area contributed by atoms with E-state index in [2.05, 4.69) is 40.0 Å². The van der Waals surface area contributed by atoms with Gasteiger partial charge < -0.3 is 4.74 Å². The van der Waals surface area contributed by atoms with Gasteiger partial charge in [0, 0.05) is 16.9 Å². The summed E-state index contributed by atoms with van der Waals surface area (Å²) in [7, 11) is 0. The van der Waals surface area contributed by atoms with Crippen LogP contribution in [0.3, 0.4) is 0 Å². The molecule has 0 spiro atoms. The maximum Gasteiger partial charge on any atom is 0.145 e. The average Bonchev–Trinajstić information content (AvgIpc) is 2.39. The van der Waals surface area contributed by atoms with Gasteiger partial charge in [0.2, 0.25) is 0 Å². The highest BCUT2D eigenvalue weighted by Gasteiger charge is 2.04. The highest BCUT2D eigenvalue weighted by atomic mass is 79.9. The van der Waals surface area contributed by atoms with Crippen LogP contribution in [0.4, 0.5) is 0 Å². The van der Waals surface area contributed by atoms with E-state index in [4.69, 9.17) is 4.74 Å². The summed E-state index contributed by atoms with van der Waals surface area (Å²) in [5.41, 5.74) is 0.952. The van der Waals surface area contributed by atoms with Crippen LogP contribution in [0.2, 0.25) is 0 Å². The van der Waals surface area contributed by atoms with Gasteiger partial charge in [0.05, 0.1) is 6.61 Å². The fraction of sp³-hybridized carbons (Fsp3) is 0.400. The van der Waals surface area contributed by atoms with Crippen molar-refractivity contribution < 1.29 is 4.74 Å². The summed E-state index contributed by atoms with van der Waals surface area (Å²) in [6.07, 6.45) is 4.08. The summed E-state index contributed by atoms with van der Waals surface area (Å²) in [5, 5.41) is 2.19. The van der Waals surface area contributed by atoms with Gasteiger partial charge in [0.25, 0.3) is 0 Å². The number of para-hydroxylation sites is 1. The van der Waals surface area contributed by atoms with Crippen LogP contribution >= 0.6 is 15.9 Å². The van der Waals surface area contributed by atoms with Crippen molar-refractivity contribution >= 4 is 26.8 Å². The molecule has 96 valence electrons. The first-order valence-corrected chi connectivity index (χ1v) is 7.46. The Balaban J connectivity index is 1.99. The molecule has 1 unspecified atom stereocenters. The molecule has 18 heavy (non-hydrogen) atoms. The number of fused-ring (bicyclic) bond motifs is 1. The minimum atomic E-state index is 0.687. The Hall–Kier alpha value is -1.09. The van der Waals surface area contributed by atoms with Crippen LogP contribution in [-0.4, -0.2) is 16.9 Å². The lowest BCUT2D eigenvalue weighted by Crippen LogP contribution is -2.05. The van der Waals surface area contributed by atoms with Gasteiger partial charge in [-0.2, -0.15) is 0 Å². The fourth-order valence-corrected chi connectivity index (χ4v) is 2.67. The number of aromatic nitrogens is 1. The summed E-state index contributed by atoms with van der Waals surface area (Å²) in [5.74, 6) is 1.58. The van der Waals surface area contributed by atoms with Crippen molar-refractivity contribution in [2.45, 2.75) is 19.8 Å². The molecule has 1 aromatic carbocycles. The minimum absolute atomic E-state index is 0.687. The monoisotopic (exact) mass is 307 g/mol. The molecule has 1 atom stereocenters. The number of alkyl halides is 1. The predicted octanol–water partition coefficient (Wildman–Crippen LogP) is 4.42. The molecule has 1 heterocycles. The van der Waals surface area contributed by atoms with E-state index in [1.165, 1.54) is 6.42 Å². The van der Waals surface area contributed by atoms with Crippen LogP contribution < -0.4 is 4.74 Å². The van der Waals surface area contributed by atoms with Crippen LogP contribution in [0.25, 0.3) is 10.9 Å². The van der Waals surface area contributed by atoms with Gasteiger partial charge in [0.15, 0.2) is 0 Å². The standard InChI is InChI=1S/C15H18BrNO/c1-12(7-9-16)8-11-18-14-6-2-4-13-5-3-10-17-15(13)14/h2-6,10,12H,7-9,11H2,1H3. The van der Waals surface area contributed by atoms with Crippen molar-refractivity contribution in [2.24, 2.45) is 5.92 Å². The summed E-state index contributed by atoms with van der Waals surface area (Å²) in [4.78, 5) is 4.38. The fourth-order valence-electron chi connectivity index (χ4n) is 1.89. The van der Waals surface area contributed by atoms with Crippen LogP contribution in [0, 0.1) is 5.92 Å². The van der Waals surface area contributed by atoms with Crippen molar-refractivity contribution in [1.82, 2.24) is 4.98 Å². The molecule has 2 rings (SSSR count). The zero-order valence-corrected chi connectivity index (χ0v) is 12.2. The smallest absolute Gasteiger partial charge is 0.145 e. The number of hydrogen-bond donors (Lipinski definition) is 0. The average molecular weight is 308 g/mol. The highest BCUT2D eigenvalue weighted by molar-refractivity contribution is 9.09. The molecule has 2 aromatic rings. The van der Waals surface area contributed by atoms with E-state index in [0.29, 0.717) is 5.92 Å². The molecule has 0 amide bonds. The number of nitrogens with zero attached hydrogens (tertiary/aromatic N) is 1. The van der Waals surface area contributed by atoms with Crippen molar-refractivity contribution in [2.75, 3.05) is 11.9 Å². The molecule has 0 saturated heterocycles. The van der Waals surface area contributed by atoms with Gasteiger partial charge >= 0.3 is 0 Å². The molecule has 0 saturated carbocycles. The van der Waals surface area contributed by atoms with Gasteiger partial charge in [-0.25, -0.2) is 0 Å². The second-order valence-corrected chi connectivity index (χ2v) is 5.34. The number of hydrogen-bond acceptors (Lipinski definition) is 2. The number of halogens is 1. The van der Waals surface area contributed by atoms with E-state index in [9.17, 15) is 0 Å². The maximum atomic E-state index is 5.86. The van der Waals surface area contributed by atoms with Crippen molar-refractivity contribution in [3.05, 3.63) is 36.5 Å². The predicted molar refractivity (Wildman–Crippen MR) is 79.4 cm³/mol.